The third-order valence-corrected chi connectivity index (χ3v) is 6.08. The average molecular weight is 396 g/mol. The third kappa shape index (κ3) is 3.98. The Morgan fingerprint density at radius 2 is 1.96 bits per heavy atom. The second-order valence-electron chi connectivity index (χ2n) is 6.85. The first-order chi connectivity index (χ1) is 13.6. The van der Waals surface area contributed by atoms with E-state index in [4.69, 9.17) is 4.74 Å². The summed E-state index contributed by atoms with van der Waals surface area (Å²) >= 11 is 1.38. The molecule has 1 aliphatic heterocycles. The van der Waals surface area contributed by atoms with Crippen LogP contribution in [0.1, 0.15) is 39.8 Å². The first kappa shape index (κ1) is 18.8. The zero-order valence-electron chi connectivity index (χ0n) is 15.5. The van der Waals surface area contributed by atoms with E-state index < -0.39 is 0 Å². The summed E-state index contributed by atoms with van der Waals surface area (Å²) in [4.78, 5) is 18.2. The van der Waals surface area contributed by atoms with E-state index in [2.05, 4.69) is 10.3 Å². The topological polar surface area (TPSA) is 51.2 Å². The van der Waals surface area contributed by atoms with Gasteiger partial charge in [-0.25, -0.2) is 9.37 Å². The van der Waals surface area contributed by atoms with Crippen LogP contribution in [0.25, 0.3) is 10.6 Å². The molecule has 4 rings (SSSR count). The monoisotopic (exact) mass is 396 g/mol. The molecule has 2 heterocycles. The van der Waals surface area contributed by atoms with Crippen molar-refractivity contribution in [1.82, 2.24) is 10.3 Å². The molecule has 0 radical (unpaired) electrons. The molecule has 1 N–H and O–H groups in total. The molecule has 1 aliphatic rings. The van der Waals surface area contributed by atoms with Crippen molar-refractivity contribution < 1.29 is 13.9 Å². The predicted molar refractivity (Wildman–Crippen MR) is 108 cm³/mol. The normalized spacial score (nSPS) is 17.4. The maximum absolute atomic E-state index is 13.3. The Morgan fingerprint density at radius 1 is 1.21 bits per heavy atom. The van der Waals surface area contributed by atoms with Gasteiger partial charge >= 0.3 is 0 Å². The minimum atomic E-state index is -0.322. The van der Waals surface area contributed by atoms with E-state index in [1.807, 2.05) is 37.3 Å². The summed E-state index contributed by atoms with van der Waals surface area (Å²) < 4.78 is 19.2. The van der Waals surface area contributed by atoms with Crippen LogP contribution in [0.4, 0.5) is 4.39 Å². The number of thiazole rings is 1. The largest absolute Gasteiger partial charge is 0.376 e. The minimum absolute atomic E-state index is 0.115. The summed E-state index contributed by atoms with van der Waals surface area (Å²) in [7, 11) is 0. The summed E-state index contributed by atoms with van der Waals surface area (Å²) in [6, 6.07) is 15.7. The highest BCUT2D eigenvalue weighted by atomic mass is 32.1. The van der Waals surface area contributed by atoms with Crippen LogP contribution >= 0.6 is 11.3 Å². The molecule has 0 unspecified atom stereocenters. The molecule has 3 aromatic rings. The van der Waals surface area contributed by atoms with Crippen molar-refractivity contribution in [3.63, 3.8) is 0 Å². The van der Waals surface area contributed by atoms with Gasteiger partial charge in [0.05, 0.1) is 17.8 Å². The van der Waals surface area contributed by atoms with Gasteiger partial charge < -0.3 is 10.1 Å². The molecule has 1 amide bonds. The van der Waals surface area contributed by atoms with Crippen molar-refractivity contribution in [1.29, 1.82) is 0 Å². The number of carbonyl (C=O) groups is 1. The second kappa shape index (κ2) is 8.20. The van der Waals surface area contributed by atoms with E-state index in [-0.39, 0.29) is 23.9 Å². The van der Waals surface area contributed by atoms with E-state index in [1.54, 1.807) is 12.1 Å². The highest BCUT2D eigenvalue weighted by Crippen LogP contribution is 2.31. The lowest BCUT2D eigenvalue weighted by Crippen LogP contribution is -2.36. The molecular formula is C22H21FN2O2S. The average Bonchev–Trinajstić information content (AvgIpc) is 3.37. The lowest BCUT2D eigenvalue weighted by molar-refractivity contribution is 0.0674. The van der Waals surface area contributed by atoms with Gasteiger partial charge in [0.15, 0.2) is 0 Å². The Kier molecular flexibility index (Phi) is 5.50. The Bertz CT molecular complexity index is 950. The SMILES string of the molecule is Cc1nc(-c2ccccc2)sc1C(=O)N[C@@H](c1ccc(F)cc1)[C@@H]1CCCO1. The molecule has 2 aromatic carbocycles. The fourth-order valence-electron chi connectivity index (χ4n) is 3.44. The van der Waals surface area contributed by atoms with Crippen molar-refractivity contribution in [3.05, 3.63) is 76.5 Å². The fraction of sp³-hybridized carbons (Fsp3) is 0.273. The zero-order chi connectivity index (χ0) is 19.5. The van der Waals surface area contributed by atoms with Crippen molar-refractivity contribution >= 4 is 17.2 Å². The third-order valence-electron chi connectivity index (χ3n) is 4.88. The van der Waals surface area contributed by atoms with Gasteiger partial charge in [-0.2, -0.15) is 0 Å². The number of hydrogen-bond acceptors (Lipinski definition) is 4. The van der Waals surface area contributed by atoms with Gasteiger partial charge in [0.2, 0.25) is 0 Å². The number of halogens is 1. The van der Waals surface area contributed by atoms with Gasteiger partial charge in [-0.05, 0) is 37.5 Å². The maximum Gasteiger partial charge on any atom is 0.263 e. The summed E-state index contributed by atoms with van der Waals surface area (Å²) in [5.74, 6) is -0.478. The second-order valence-corrected chi connectivity index (χ2v) is 7.85. The number of benzene rings is 2. The summed E-state index contributed by atoms with van der Waals surface area (Å²) in [5, 5.41) is 3.92. The number of aryl methyl sites for hydroxylation is 1. The van der Waals surface area contributed by atoms with Crippen LogP contribution < -0.4 is 5.32 Å². The lowest BCUT2D eigenvalue weighted by Gasteiger charge is -2.24. The first-order valence-corrected chi connectivity index (χ1v) is 10.1. The van der Waals surface area contributed by atoms with Crippen LogP contribution in [0.2, 0.25) is 0 Å². The van der Waals surface area contributed by atoms with Crippen LogP contribution in [-0.2, 0) is 4.74 Å². The van der Waals surface area contributed by atoms with Crippen LogP contribution in [0.15, 0.2) is 54.6 Å². The van der Waals surface area contributed by atoms with Gasteiger partial charge in [-0.1, -0.05) is 42.5 Å². The number of rotatable bonds is 5. The van der Waals surface area contributed by atoms with Gasteiger partial charge in [0, 0.05) is 12.2 Å². The van der Waals surface area contributed by atoms with E-state index in [1.165, 1.54) is 23.5 Å². The molecule has 28 heavy (non-hydrogen) atoms. The number of nitrogens with one attached hydrogen (secondary N) is 1. The summed E-state index contributed by atoms with van der Waals surface area (Å²) in [6.07, 6.45) is 1.70. The van der Waals surface area contributed by atoms with Crippen LogP contribution in [0, 0.1) is 12.7 Å². The van der Waals surface area contributed by atoms with Gasteiger partial charge in [-0.15, -0.1) is 11.3 Å². The van der Waals surface area contributed by atoms with Crippen molar-refractivity contribution in [3.8, 4) is 10.6 Å². The molecule has 1 aromatic heterocycles. The molecule has 1 saturated heterocycles. The number of nitrogens with zero attached hydrogens (tertiary/aromatic N) is 1. The molecule has 0 spiro atoms. The zero-order valence-corrected chi connectivity index (χ0v) is 16.3. The lowest BCUT2D eigenvalue weighted by atomic mass is 9.99. The Morgan fingerprint density at radius 3 is 2.64 bits per heavy atom. The number of amides is 1. The Labute approximate surface area is 167 Å². The molecule has 0 aliphatic carbocycles. The maximum atomic E-state index is 13.3. The van der Waals surface area contributed by atoms with Crippen LogP contribution in [0.5, 0.6) is 0 Å². The molecule has 4 nitrogen and oxygen atoms in total. The number of hydrogen-bond donors (Lipinski definition) is 1. The number of ether oxygens (including phenoxy) is 1. The van der Waals surface area contributed by atoms with Gasteiger partial charge in [0.25, 0.3) is 5.91 Å². The van der Waals surface area contributed by atoms with Gasteiger partial charge in [-0.3, -0.25) is 4.79 Å². The minimum Gasteiger partial charge on any atom is -0.376 e. The molecular weight excluding hydrogens is 375 g/mol. The molecule has 144 valence electrons. The standard InChI is InChI=1S/C22H21FN2O2S/c1-14-20(28-22(24-14)16-6-3-2-4-7-16)21(26)25-19(18-8-5-13-27-18)15-9-11-17(23)12-10-15/h2-4,6-7,9-12,18-19H,5,8,13H2,1H3,(H,25,26)/t18-,19-/m0/s1. The Hall–Kier alpha value is -2.57. The summed E-state index contributed by atoms with van der Waals surface area (Å²) in [6.45, 7) is 2.52. The van der Waals surface area contributed by atoms with Crippen molar-refractivity contribution in [2.75, 3.05) is 6.61 Å². The van der Waals surface area contributed by atoms with E-state index in [9.17, 15) is 9.18 Å². The van der Waals surface area contributed by atoms with E-state index in [0.717, 1.165) is 29.0 Å². The van der Waals surface area contributed by atoms with Crippen LogP contribution in [-0.4, -0.2) is 23.6 Å². The van der Waals surface area contributed by atoms with E-state index >= 15 is 0 Å². The predicted octanol–water partition coefficient (Wildman–Crippen LogP) is 4.91. The van der Waals surface area contributed by atoms with Crippen molar-refractivity contribution in [2.45, 2.75) is 31.9 Å². The molecule has 0 saturated carbocycles. The first-order valence-electron chi connectivity index (χ1n) is 9.32. The van der Waals surface area contributed by atoms with Gasteiger partial charge in [0.1, 0.15) is 15.7 Å². The summed E-state index contributed by atoms with van der Waals surface area (Å²) in [5.41, 5.74) is 2.53. The highest BCUT2D eigenvalue weighted by molar-refractivity contribution is 7.17. The molecule has 6 heteroatoms. The molecule has 2 atom stereocenters. The number of aromatic nitrogens is 1. The van der Waals surface area contributed by atoms with Crippen molar-refractivity contribution in [2.24, 2.45) is 0 Å². The van der Waals surface area contributed by atoms with Crippen LogP contribution in [0.3, 0.4) is 0 Å². The smallest absolute Gasteiger partial charge is 0.263 e. The fourth-order valence-corrected chi connectivity index (χ4v) is 4.42. The molecule has 0 bridgehead atoms. The Balaban J connectivity index is 1.59. The quantitative estimate of drug-likeness (QED) is 0.667. The number of carbonyl (C=O) groups excluding carboxylic acids is 1. The molecule has 1 fully saturated rings. The highest BCUT2D eigenvalue weighted by Gasteiger charge is 2.30. The van der Waals surface area contributed by atoms with E-state index in [0.29, 0.717) is 17.2 Å².